The second-order valence-corrected chi connectivity index (χ2v) is 8.65. The van der Waals surface area contributed by atoms with Gasteiger partial charge in [-0.3, -0.25) is 9.36 Å². The highest BCUT2D eigenvalue weighted by Crippen LogP contribution is 2.49. The molecule has 3 aromatic rings. The molecule has 1 aromatic carbocycles. The summed E-state index contributed by atoms with van der Waals surface area (Å²) in [6.07, 6.45) is 8.14. The molecule has 2 aliphatic rings. The van der Waals surface area contributed by atoms with Crippen LogP contribution in [0.2, 0.25) is 0 Å². The van der Waals surface area contributed by atoms with E-state index in [2.05, 4.69) is 15.4 Å². The molecule has 1 atom stereocenters. The van der Waals surface area contributed by atoms with Gasteiger partial charge in [-0.1, -0.05) is 43.2 Å². The number of aromatic nitrogens is 4. The first-order chi connectivity index (χ1) is 14.1. The van der Waals surface area contributed by atoms with Crippen LogP contribution in [0, 0.1) is 5.41 Å². The van der Waals surface area contributed by atoms with Crippen LogP contribution in [0.3, 0.4) is 0 Å². The number of fused-ring (bicyclic) bond motifs is 1. The van der Waals surface area contributed by atoms with Crippen LogP contribution in [0.25, 0.3) is 11.0 Å². The minimum Gasteiger partial charge on any atom is -0.387 e. The third kappa shape index (κ3) is 3.09. The highest BCUT2D eigenvalue weighted by molar-refractivity contribution is 5.73. The Labute approximate surface area is 169 Å². The Bertz CT molecular complexity index is 1070. The van der Waals surface area contributed by atoms with Crippen LogP contribution in [-0.4, -0.2) is 43.1 Å². The molecule has 1 aliphatic carbocycles. The molecule has 1 saturated carbocycles. The van der Waals surface area contributed by atoms with E-state index in [1.807, 2.05) is 30.3 Å². The molecule has 1 aliphatic heterocycles. The Hall–Kier alpha value is -2.51. The van der Waals surface area contributed by atoms with Gasteiger partial charge in [0.2, 0.25) is 0 Å². The van der Waals surface area contributed by atoms with E-state index in [0.717, 1.165) is 44.3 Å². The predicted molar refractivity (Wildman–Crippen MR) is 111 cm³/mol. The maximum Gasteiger partial charge on any atom is 0.264 e. The maximum atomic E-state index is 13.2. The largest absolute Gasteiger partial charge is 0.387 e. The van der Waals surface area contributed by atoms with E-state index in [0.29, 0.717) is 30.5 Å². The summed E-state index contributed by atoms with van der Waals surface area (Å²) in [6.45, 7) is 2.46. The van der Waals surface area contributed by atoms with Crippen molar-refractivity contribution in [1.82, 2.24) is 24.6 Å². The molecule has 2 N–H and O–H groups in total. The Morgan fingerprint density at radius 2 is 1.93 bits per heavy atom. The summed E-state index contributed by atoms with van der Waals surface area (Å²) in [6, 6.07) is 10.0. The fourth-order valence-corrected chi connectivity index (χ4v) is 5.26. The van der Waals surface area contributed by atoms with Gasteiger partial charge in [0.05, 0.1) is 24.9 Å². The monoisotopic (exact) mass is 393 g/mol. The molecule has 29 heavy (non-hydrogen) atoms. The lowest BCUT2D eigenvalue weighted by Crippen LogP contribution is -2.60. The molecule has 3 heterocycles. The van der Waals surface area contributed by atoms with Crippen LogP contribution in [0.5, 0.6) is 0 Å². The number of nitrogens with zero attached hydrogens (tertiary/aromatic N) is 4. The van der Waals surface area contributed by atoms with Crippen LogP contribution < -0.4 is 10.9 Å². The second-order valence-electron chi connectivity index (χ2n) is 8.65. The van der Waals surface area contributed by atoms with Crippen LogP contribution in [0.1, 0.15) is 37.7 Å². The topological polar surface area (TPSA) is 85.0 Å². The average molecular weight is 393 g/mol. The zero-order valence-corrected chi connectivity index (χ0v) is 16.5. The second kappa shape index (κ2) is 7.07. The molecule has 7 nitrogen and oxygen atoms in total. The van der Waals surface area contributed by atoms with E-state index in [1.165, 1.54) is 0 Å². The van der Waals surface area contributed by atoms with Crippen molar-refractivity contribution in [3.63, 3.8) is 0 Å². The molecule has 2 fully saturated rings. The van der Waals surface area contributed by atoms with Gasteiger partial charge in [0.1, 0.15) is 11.7 Å². The summed E-state index contributed by atoms with van der Waals surface area (Å²) in [5, 5.41) is 20.0. The van der Waals surface area contributed by atoms with E-state index in [1.54, 1.807) is 21.8 Å². The van der Waals surface area contributed by atoms with Gasteiger partial charge in [0.15, 0.2) is 5.65 Å². The van der Waals surface area contributed by atoms with Gasteiger partial charge >= 0.3 is 0 Å². The van der Waals surface area contributed by atoms with E-state index < -0.39 is 5.60 Å². The Morgan fingerprint density at radius 3 is 2.72 bits per heavy atom. The molecule has 1 spiro atoms. The summed E-state index contributed by atoms with van der Waals surface area (Å²) in [7, 11) is 0. The minimum atomic E-state index is -0.881. The Balaban J connectivity index is 1.47. The van der Waals surface area contributed by atoms with Gasteiger partial charge in [-0.25, -0.2) is 9.67 Å². The molecule has 0 amide bonds. The van der Waals surface area contributed by atoms with Crippen molar-refractivity contribution in [2.24, 2.45) is 5.41 Å². The molecule has 1 saturated heterocycles. The fourth-order valence-electron chi connectivity index (χ4n) is 5.26. The third-order valence-electron chi connectivity index (χ3n) is 6.96. The van der Waals surface area contributed by atoms with E-state index in [-0.39, 0.29) is 11.0 Å². The van der Waals surface area contributed by atoms with Crippen molar-refractivity contribution in [3.05, 3.63) is 58.8 Å². The molecular weight excluding hydrogens is 366 g/mol. The maximum absolute atomic E-state index is 13.2. The molecule has 2 aromatic heterocycles. The van der Waals surface area contributed by atoms with Gasteiger partial charge < -0.3 is 10.4 Å². The number of hydrogen-bond acceptors (Lipinski definition) is 5. The molecule has 1 unspecified atom stereocenters. The minimum absolute atomic E-state index is 0.130. The zero-order chi connectivity index (χ0) is 19.9. The lowest BCUT2D eigenvalue weighted by molar-refractivity contribution is -0.115. The van der Waals surface area contributed by atoms with Gasteiger partial charge in [-0.15, -0.1) is 0 Å². The lowest BCUT2D eigenvalue weighted by Gasteiger charge is -2.49. The summed E-state index contributed by atoms with van der Waals surface area (Å²) in [5.41, 5.74) is 0.540. The van der Waals surface area contributed by atoms with Crippen LogP contribution in [0.15, 0.2) is 47.7 Å². The number of hydrogen-bond donors (Lipinski definition) is 2. The Morgan fingerprint density at radius 1 is 1.14 bits per heavy atom. The molecule has 152 valence electrons. The lowest BCUT2D eigenvalue weighted by atomic mass is 9.66. The molecule has 5 rings (SSSR count). The van der Waals surface area contributed by atoms with E-state index >= 15 is 0 Å². The first kappa shape index (κ1) is 18.5. The van der Waals surface area contributed by atoms with Gasteiger partial charge in [0.25, 0.3) is 5.56 Å². The quantitative estimate of drug-likeness (QED) is 0.708. The Kier molecular flexibility index (Phi) is 4.52. The average Bonchev–Trinajstić information content (AvgIpc) is 3.37. The van der Waals surface area contributed by atoms with Crippen molar-refractivity contribution >= 4 is 11.0 Å². The first-order valence-corrected chi connectivity index (χ1v) is 10.5. The van der Waals surface area contributed by atoms with Crippen molar-refractivity contribution in [3.8, 4) is 0 Å². The van der Waals surface area contributed by atoms with Crippen molar-refractivity contribution in [2.75, 3.05) is 13.1 Å². The van der Waals surface area contributed by atoms with Crippen molar-refractivity contribution < 1.29 is 5.11 Å². The number of nitrogens with one attached hydrogen (secondary N) is 1. The zero-order valence-electron chi connectivity index (χ0n) is 16.5. The smallest absolute Gasteiger partial charge is 0.264 e. The van der Waals surface area contributed by atoms with Crippen molar-refractivity contribution in [2.45, 2.75) is 50.8 Å². The summed E-state index contributed by atoms with van der Waals surface area (Å²) in [5.74, 6) is 0. The van der Waals surface area contributed by atoms with Crippen molar-refractivity contribution in [1.29, 1.82) is 0 Å². The van der Waals surface area contributed by atoms with Crippen LogP contribution in [-0.2, 0) is 13.1 Å². The third-order valence-corrected chi connectivity index (χ3v) is 6.96. The van der Waals surface area contributed by atoms with Crippen LogP contribution in [0.4, 0.5) is 0 Å². The van der Waals surface area contributed by atoms with Gasteiger partial charge in [0, 0.05) is 12.0 Å². The van der Waals surface area contributed by atoms with Gasteiger partial charge in [-0.05, 0) is 31.4 Å². The van der Waals surface area contributed by atoms with E-state index in [9.17, 15) is 9.90 Å². The predicted octanol–water partition coefficient (Wildman–Crippen LogP) is 1.93. The number of rotatable bonds is 4. The normalized spacial score (nSPS) is 23.8. The SMILES string of the molecule is O=c1c2cnn(Cc3ccccc3)c2ncn1CC1(O)CCNCC12CCCC2. The fraction of sp³-hybridized carbons (Fsp3) is 0.500. The highest BCUT2D eigenvalue weighted by atomic mass is 16.3. The standard InChI is InChI=1S/C22H27N5O2/c28-20-18-12-25-27(13-17-6-2-1-3-7-17)19(18)24-16-26(20)15-22(29)10-11-23-14-21(22)8-4-5-9-21/h1-3,6-7,12,16,23,29H,4-5,8-11,13-15H2. The van der Waals surface area contributed by atoms with Gasteiger partial charge in [-0.2, -0.15) is 5.10 Å². The molecule has 0 bridgehead atoms. The summed E-state index contributed by atoms with van der Waals surface area (Å²) < 4.78 is 3.34. The van der Waals surface area contributed by atoms with Crippen LogP contribution >= 0.6 is 0 Å². The summed E-state index contributed by atoms with van der Waals surface area (Å²) in [4.78, 5) is 17.7. The first-order valence-electron chi connectivity index (χ1n) is 10.5. The molecular formula is C22H27N5O2. The molecule has 0 radical (unpaired) electrons. The number of benzene rings is 1. The summed E-state index contributed by atoms with van der Waals surface area (Å²) >= 11 is 0. The molecule has 7 heteroatoms. The number of aliphatic hydroxyl groups is 1. The number of piperidine rings is 1. The van der Waals surface area contributed by atoms with E-state index in [4.69, 9.17) is 0 Å². The highest BCUT2D eigenvalue weighted by Gasteiger charge is 2.53.